The van der Waals surface area contributed by atoms with Crippen LogP contribution in [0.5, 0.6) is 5.75 Å². The van der Waals surface area contributed by atoms with Crippen LogP contribution in [0.1, 0.15) is 52.0 Å². The first kappa shape index (κ1) is 23.6. The van der Waals surface area contributed by atoms with Gasteiger partial charge in [-0.1, -0.05) is 31.2 Å². The van der Waals surface area contributed by atoms with Crippen molar-refractivity contribution in [1.29, 1.82) is 5.26 Å². The van der Waals surface area contributed by atoms with Crippen LogP contribution in [-0.4, -0.2) is 52.4 Å². The highest BCUT2D eigenvalue weighted by Gasteiger charge is 2.40. The second-order valence-corrected chi connectivity index (χ2v) is 8.89. The third-order valence-electron chi connectivity index (χ3n) is 6.41. The molecule has 1 saturated heterocycles. The van der Waals surface area contributed by atoms with Crippen LogP contribution in [0.4, 0.5) is 4.79 Å². The van der Waals surface area contributed by atoms with E-state index in [0.29, 0.717) is 12.2 Å². The van der Waals surface area contributed by atoms with Crippen molar-refractivity contribution in [2.24, 2.45) is 0 Å². The van der Waals surface area contributed by atoms with Gasteiger partial charge in [0.05, 0.1) is 24.4 Å². The monoisotopic (exact) mass is 435 g/mol. The van der Waals surface area contributed by atoms with Gasteiger partial charge in [-0.2, -0.15) is 5.26 Å². The number of rotatable bonds is 9. The number of nitriles is 1. The van der Waals surface area contributed by atoms with E-state index in [1.54, 1.807) is 4.90 Å². The Morgan fingerprint density at radius 1 is 1.19 bits per heavy atom. The van der Waals surface area contributed by atoms with Gasteiger partial charge < -0.3 is 9.84 Å². The Hall–Kier alpha value is -3.04. The maximum absolute atomic E-state index is 12.0. The molecular formula is C26H33N3O3. The second-order valence-electron chi connectivity index (χ2n) is 8.89. The Balaban J connectivity index is 1.51. The fraction of sp³-hybridized carbons (Fsp3) is 0.462. The van der Waals surface area contributed by atoms with Gasteiger partial charge in [0, 0.05) is 18.6 Å². The first-order valence-electron chi connectivity index (χ1n) is 11.4. The molecule has 1 unspecified atom stereocenters. The number of nitrogens with zero attached hydrogens (tertiary/aromatic N) is 3. The molecular weight excluding hydrogens is 402 g/mol. The minimum Gasteiger partial charge on any atom is -0.494 e. The first-order valence-corrected chi connectivity index (χ1v) is 11.4. The number of carboxylic acid groups (broad SMARTS) is 1. The van der Waals surface area contributed by atoms with Crippen molar-refractivity contribution in [3.8, 4) is 22.9 Å². The number of hydrogen-bond donors (Lipinski definition) is 1. The molecule has 3 rings (SSSR count). The largest absolute Gasteiger partial charge is 0.494 e. The second kappa shape index (κ2) is 10.5. The topological polar surface area (TPSA) is 76.8 Å². The smallest absolute Gasteiger partial charge is 0.409 e. The van der Waals surface area contributed by atoms with E-state index in [2.05, 4.69) is 11.0 Å². The molecule has 0 aromatic heterocycles. The Bertz CT molecular complexity index is 932. The van der Waals surface area contributed by atoms with E-state index in [1.807, 2.05) is 69.3 Å². The molecule has 1 atom stereocenters. The van der Waals surface area contributed by atoms with Crippen LogP contribution in [0.3, 0.4) is 0 Å². The molecule has 2 aromatic carbocycles. The molecule has 170 valence electrons. The molecule has 6 nitrogen and oxygen atoms in total. The molecule has 1 heterocycles. The summed E-state index contributed by atoms with van der Waals surface area (Å²) in [4.78, 5) is 15.9. The summed E-state index contributed by atoms with van der Waals surface area (Å²) in [6, 6.07) is 17.6. The highest BCUT2D eigenvalue weighted by Crippen LogP contribution is 2.30. The van der Waals surface area contributed by atoms with Crippen molar-refractivity contribution in [3.05, 3.63) is 54.1 Å². The standard InChI is InChI=1S/C26H33N3O3/c1-4-26(2,3)29(25(30)31)24-7-5-16-28(24)17-6-18-32-23-14-12-22(13-15-23)21-10-8-20(19-27)9-11-21/h8-15,24H,4-7,16-18H2,1-3H3,(H,30,31). The van der Waals surface area contributed by atoms with Gasteiger partial charge in [0.1, 0.15) is 5.75 Å². The van der Waals surface area contributed by atoms with Crippen molar-refractivity contribution >= 4 is 6.09 Å². The molecule has 0 saturated carbocycles. The minimum atomic E-state index is -0.840. The lowest BCUT2D eigenvalue weighted by Crippen LogP contribution is -2.57. The lowest BCUT2D eigenvalue weighted by Gasteiger charge is -2.43. The molecule has 1 N–H and O–H groups in total. The van der Waals surface area contributed by atoms with Crippen molar-refractivity contribution in [2.75, 3.05) is 19.7 Å². The highest BCUT2D eigenvalue weighted by molar-refractivity contribution is 5.66. The van der Waals surface area contributed by atoms with Crippen molar-refractivity contribution in [1.82, 2.24) is 9.80 Å². The SMILES string of the molecule is CCC(C)(C)N(C(=O)O)C1CCCN1CCCOc1ccc(-c2ccc(C#N)cc2)cc1. The number of benzene rings is 2. The fourth-order valence-corrected chi connectivity index (χ4v) is 4.26. The predicted octanol–water partition coefficient (Wildman–Crippen LogP) is 5.58. The molecule has 1 amide bonds. The number of ether oxygens (including phenoxy) is 1. The van der Waals surface area contributed by atoms with Crippen molar-refractivity contribution in [3.63, 3.8) is 0 Å². The van der Waals surface area contributed by atoms with Gasteiger partial charge in [0.2, 0.25) is 0 Å². The van der Waals surface area contributed by atoms with Gasteiger partial charge in [-0.25, -0.2) is 4.79 Å². The van der Waals surface area contributed by atoms with E-state index in [-0.39, 0.29) is 11.7 Å². The third kappa shape index (κ3) is 5.60. The van der Waals surface area contributed by atoms with Gasteiger partial charge in [-0.15, -0.1) is 0 Å². The van der Waals surface area contributed by atoms with Gasteiger partial charge in [-0.3, -0.25) is 9.80 Å². The van der Waals surface area contributed by atoms with Crippen LogP contribution in [-0.2, 0) is 0 Å². The lowest BCUT2D eigenvalue weighted by atomic mass is 9.98. The molecule has 0 radical (unpaired) electrons. The zero-order chi connectivity index (χ0) is 23.1. The Labute approximate surface area is 191 Å². The first-order chi connectivity index (χ1) is 15.4. The van der Waals surface area contributed by atoms with E-state index in [0.717, 1.165) is 55.6 Å². The summed E-state index contributed by atoms with van der Waals surface area (Å²) in [6.45, 7) is 8.37. The quantitative estimate of drug-likeness (QED) is 0.520. The molecule has 0 spiro atoms. The van der Waals surface area contributed by atoms with Gasteiger partial charge in [0.15, 0.2) is 0 Å². The molecule has 0 aliphatic carbocycles. The van der Waals surface area contributed by atoms with Gasteiger partial charge >= 0.3 is 6.09 Å². The third-order valence-corrected chi connectivity index (χ3v) is 6.41. The maximum atomic E-state index is 12.0. The molecule has 32 heavy (non-hydrogen) atoms. The summed E-state index contributed by atoms with van der Waals surface area (Å²) in [7, 11) is 0. The number of hydrogen-bond acceptors (Lipinski definition) is 4. The molecule has 2 aromatic rings. The van der Waals surface area contributed by atoms with Crippen LogP contribution in [0.25, 0.3) is 11.1 Å². The summed E-state index contributed by atoms with van der Waals surface area (Å²) in [5.74, 6) is 0.819. The normalized spacial score (nSPS) is 16.5. The summed E-state index contributed by atoms with van der Waals surface area (Å²) in [5.41, 5.74) is 2.41. The summed E-state index contributed by atoms with van der Waals surface area (Å²) < 4.78 is 5.93. The summed E-state index contributed by atoms with van der Waals surface area (Å²) in [6.07, 6.45) is 2.62. The van der Waals surface area contributed by atoms with Crippen LogP contribution in [0, 0.1) is 11.3 Å². The van der Waals surface area contributed by atoms with E-state index < -0.39 is 6.09 Å². The van der Waals surface area contributed by atoms with E-state index in [4.69, 9.17) is 10.00 Å². The Morgan fingerprint density at radius 3 is 2.38 bits per heavy atom. The fourth-order valence-electron chi connectivity index (χ4n) is 4.26. The van der Waals surface area contributed by atoms with E-state index in [1.165, 1.54) is 0 Å². The Kier molecular flexibility index (Phi) is 7.76. The molecule has 1 aliphatic heterocycles. The molecule has 6 heteroatoms. The average Bonchev–Trinajstić information content (AvgIpc) is 3.24. The summed E-state index contributed by atoms with van der Waals surface area (Å²) >= 11 is 0. The van der Waals surface area contributed by atoms with E-state index >= 15 is 0 Å². The Morgan fingerprint density at radius 2 is 1.81 bits per heavy atom. The summed E-state index contributed by atoms with van der Waals surface area (Å²) in [5, 5.41) is 18.8. The van der Waals surface area contributed by atoms with Crippen molar-refractivity contribution < 1.29 is 14.6 Å². The van der Waals surface area contributed by atoms with Crippen LogP contribution >= 0.6 is 0 Å². The lowest BCUT2D eigenvalue weighted by molar-refractivity contribution is 0.00575. The van der Waals surface area contributed by atoms with Gasteiger partial charge in [0.25, 0.3) is 0 Å². The van der Waals surface area contributed by atoms with Crippen LogP contribution in [0.2, 0.25) is 0 Å². The zero-order valence-corrected chi connectivity index (χ0v) is 19.3. The number of likely N-dealkylation sites (tertiary alicyclic amines) is 1. The van der Waals surface area contributed by atoms with Crippen molar-refractivity contribution in [2.45, 2.75) is 58.2 Å². The number of amides is 1. The molecule has 1 fully saturated rings. The predicted molar refractivity (Wildman–Crippen MR) is 126 cm³/mol. The zero-order valence-electron chi connectivity index (χ0n) is 19.3. The number of carbonyl (C=O) groups is 1. The maximum Gasteiger partial charge on any atom is 0.409 e. The van der Waals surface area contributed by atoms with Gasteiger partial charge in [-0.05, 0) is 74.9 Å². The van der Waals surface area contributed by atoms with Crippen LogP contribution < -0.4 is 4.74 Å². The minimum absolute atomic E-state index is 0.0610. The average molecular weight is 436 g/mol. The molecule has 0 bridgehead atoms. The van der Waals surface area contributed by atoms with E-state index in [9.17, 15) is 9.90 Å². The highest BCUT2D eigenvalue weighted by atomic mass is 16.5. The molecule has 1 aliphatic rings. The van der Waals surface area contributed by atoms with Crippen LogP contribution in [0.15, 0.2) is 48.5 Å².